The van der Waals surface area contributed by atoms with Crippen LogP contribution < -0.4 is 0 Å². The summed E-state index contributed by atoms with van der Waals surface area (Å²) in [6.45, 7) is 4.38. The average Bonchev–Trinajstić information content (AvgIpc) is 2.89. The van der Waals surface area contributed by atoms with Gasteiger partial charge in [0.1, 0.15) is 6.10 Å². The number of carboxylic acid groups (broad SMARTS) is 1. The van der Waals surface area contributed by atoms with Gasteiger partial charge in [0.15, 0.2) is 0 Å². The second-order valence-corrected chi connectivity index (χ2v) is 10.3. The summed E-state index contributed by atoms with van der Waals surface area (Å²) in [5.41, 5.74) is 0. The van der Waals surface area contributed by atoms with E-state index in [4.69, 9.17) is 9.84 Å². The van der Waals surface area contributed by atoms with Crippen molar-refractivity contribution in [3.05, 3.63) is 48.6 Å². The Bertz CT molecular complexity index is 659. The van der Waals surface area contributed by atoms with Crippen LogP contribution in [0.4, 0.5) is 0 Å². The minimum atomic E-state index is -0.720. The number of hydrogen-bond donors (Lipinski definition) is 1. The summed E-state index contributed by atoms with van der Waals surface area (Å²) >= 11 is 0. The molecule has 0 aliphatic carbocycles. The smallest absolute Gasteiger partial charge is 0.306 e. The highest BCUT2D eigenvalue weighted by molar-refractivity contribution is 5.69. The lowest BCUT2D eigenvalue weighted by Gasteiger charge is -2.18. The summed E-state index contributed by atoms with van der Waals surface area (Å²) in [4.78, 5) is 23.1. The first kappa shape index (κ1) is 35.9. The van der Waals surface area contributed by atoms with E-state index in [0.29, 0.717) is 6.42 Å². The van der Waals surface area contributed by atoms with Crippen LogP contribution in [0.5, 0.6) is 0 Å². The number of carbonyl (C=O) groups is 2. The van der Waals surface area contributed by atoms with Crippen LogP contribution in [0.3, 0.4) is 0 Å². The standard InChI is InChI=1S/C34H58O4/c1-3-5-7-9-11-12-13-14-15-16-17-18-19-21-27-31-34(37)38-32(28-24-20-10-8-6-4-2)29-25-22-23-26-30-33(35)36/h5,7,11-12,14-15,17-18,32H,3-4,6,8-10,13,16,19-31H2,1-2H3,(H,35,36)/b7-5-,12-11-,15-14-,18-17-. The third-order valence-electron chi connectivity index (χ3n) is 6.57. The molecular weight excluding hydrogens is 472 g/mol. The summed E-state index contributed by atoms with van der Waals surface area (Å²) in [6.07, 6.45) is 38.3. The molecule has 0 aromatic rings. The quantitative estimate of drug-likeness (QED) is 0.0651. The zero-order valence-corrected chi connectivity index (χ0v) is 24.7. The maximum Gasteiger partial charge on any atom is 0.306 e. The Labute approximate surface area is 234 Å². The second kappa shape index (κ2) is 29.5. The van der Waals surface area contributed by atoms with Crippen molar-refractivity contribution in [3.63, 3.8) is 0 Å². The fourth-order valence-electron chi connectivity index (χ4n) is 4.29. The third kappa shape index (κ3) is 28.5. The monoisotopic (exact) mass is 530 g/mol. The number of carboxylic acids is 1. The Morgan fingerprint density at radius 3 is 1.68 bits per heavy atom. The highest BCUT2D eigenvalue weighted by atomic mass is 16.5. The van der Waals surface area contributed by atoms with E-state index in [0.717, 1.165) is 89.9 Å². The van der Waals surface area contributed by atoms with Gasteiger partial charge in [-0.2, -0.15) is 0 Å². The summed E-state index contributed by atoms with van der Waals surface area (Å²) in [5.74, 6) is -0.779. The van der Waals surface area contributed by atoms with Gasteiger partial charge in [0.25, 0.3) is 0 Å². The molecule has 0 saturated heterocycles. The molecule has 0 aliphatic rings. The zero-order valence-electron chi connectivity index (χ0n) is 24.7. The normalized spacial score (nSPS) is 12.9. The van der Waals surface area contributed by atoms with E-state index >= 15 is 0 Å². The summed E-state index contributed by atoms with van der Waals surface area (Å²) in [5, 5.41) is 8.77. The van der Waals surface area contributed by atoms with E-state index in [1.807, 2.05) is 0 Å². The van der Waals surface area contributed by atoms with Crippen LogP contribution >= 0.6 is 0 Å². The highest BCUT2D eigenvalue weighted by Gasteiger charge is 2.14. The first-order valence-corrected chi connectivity index (χ1v) is 15.6. The maximum absolute atomic E-state index is 12.4. The molecule has 1 unspecified atom stereocenters. The minimum absolute atomic E-state index is 0.0162. The molecule has 0 aliphatic heterocycles. The SMILES string of the molecule is CC/C=C\C/C=C\C/C=C\C/C=C\CCCCC(=O)OC(CCCCCCCC)CCCCCCC(=O)O. The van der Waals surface area contributed by atoms with Crippen LogP contribution in [-0.2, 0) is 14.3 Å². The van der Waals surface area contributed by atoms with Crippen molar-refractivity contribution in [2.45, 2.75) is 155 Å². The molecule has 1 atom stereocenters. The van der Waals surface area contributed by atoms with Crippen LogP contribution in [0, 0.1) is 0 Å². The van der Waals surface area contributed by atoms with E-state index in [1.54, 1.807) is 0 Å². The van der Waals surface area contributed by atoms with E-state index in [9.17, 15) is 9.59 Å². The number of ether oxygens (including phenoxy) is 1. The van der Waals surface area contributed by atoms with Crippen molar-refractivity contribution < 1.29 is 19.4 Å². The van der Waals surface area contributed by atoms with Gasteiger partial charge in [-0.3, -0.25) is 9.59 Å². The number of unbranched alkanes of at least 4 members (excludes halogenated alkanes) is 10. The van der Waals surface area contributed by atoms with Crippen molar-refractivity contribution in [1.29, 1.82) is 0 Å². The maximum atomic E-state index is 12.4. The van der Waals surface area contributed by atoms with Gasteiger partial charge in [-0.15, -0.1) is 0 Å². The van der Waals surface area contributed by atoms with Crippen molar-refractivity contribution in [2.75, 3.05) is 0 Å². The lowest BCUT2D eigenvalue weighted by Crippen LogP contribution is -2.18. The number of allylic oxidation sites excluding steroid dienone is 8. The van der Waals surface area contributed by atoms with Gasteiger partial charge >= 0.3 is 11.9 Å². The second-order valence-electron chi connectivity index (χ2n) is 10.3. The summed E-state index contributed by atoms with van der Waals surface area (Å²) in [6, 6.07) is 0. The fraction of sp³-hybridized carbons (Fsp3) is 0.706. The van der Waals surface area contributed by atoms with Crippen molar-refractivity contribution >= 4 is 11.9 Å². The molecule has 0 aromatic heterocycles. The molecular formula is C34H58O4. The Morgan fingerprint density at radius 2 is 1.11 bits per heavy atom. The molecule has 0 spiro atoms. The third-order valence-corrected chi connectivity index (χ3v) is 6.57. The summed E-state index contributed by atoms with van der Waals surface area (Å²) in [7, 11) is 0. The van der Waals surface area contributed by atoms with E-state index in [-0.39, 0.29) is 18.5 Å². The van der Waals surface area contributed by atoms with Crippen LogP contribution in [-0.4, -0.2) is 23.1 Å². The number of aliphatic carboxylic acids is 1. The molecule has 0 radical (unpaired) electrons. The lowest BCUT2D eigenvalue weighted by molar-refractivity contribution is -0.150. The van der Waals surface area contributed by atoms with Gasteiger partial charge in [-0.05, 0) is 77.0 Å². The molecule has 0 rings (SSSR count). The van der Waals surface area contributed by atoms with Gasteiger partial charge in [0, 0.05) is 12.8 Å². The molecule has 0 aromatic carbocycles. The first-order chi connectivity index (χ1) is 18.6. The molecule has 4 nitrogen and oxygen atoms in total. The molecule has 38 heavy (non-hydrogen) atoms. The zero-order chi connectivity index (χ0) is 27.9. The van der Waals surface area contributed by atoms with Crippen LogP contribution in [0.15, 0.2) is 48.6 Å². The van der Waals surface area contributed by atoms with E-state index < -0.39 is 5.97 Å². The molecule has 1 N–H and O–H groups in total. The molecule has 0 heterocycles. The van der Waals surface area contributed by atoms with Crippen LogP contribution in [0.25, 0.3) is 0 Å². The first-order valence-electron chi connectivity index (χ1n) is 15.6. The molecule has 4 heteroatoms. The van der Waals surface area contributed by atoms with Gasteiger partial charge in [0.2, 0.25) is 0 Å². The predicted molar refractivity (Wildman–Crippen MR) is 162 cm³/mol. The van der Waals surface area contributed by atoms with Crippen molar-refractivity contribution in [1.82, 2.24) is 0 Å². The van der Waals surface area contributed by atoms with E-state index in [1.165, 1.54) is 32.1 Å². The van der Waals surface area contributed by atoms with Crippen molar-refractivity contribution in [3.8, 4) is 0 Å². The number of esters is 1. The molecule has 0 amide bonds. The lowest BCUT2D eigenvalue weighted by atomic mass is 10.0. The predicted octanol–water partition coefficient (Wildman–Crippen LogP) is 10.4. The van der Waals surface area contributed by atoms with E-state index in [2.05, 4.69) is 62.5 Å². The Hall–Kier alpha value is -2.10. The fourth-order valence-corrected chi connectivity index (χ4v) is 4.29. The topological polar surface area (TPSA) is 63.6 Å². The van der Waals surface area contributed by atoms with Gasteiger partial charge in [-0.1, -0.05) is 107 Å². The molecule has 0 fully saturated rings. The minimum Gasteiger partial charge on any atom is -0.481 e. The van der Waals surface area contributed by atoms with Crippen molar-refractivity contribution in [2.24, 2.45) is 0 Å². The van der Waals surface area contributed by atoms with Gasteiger partial charge < -0.3 is 9.84 Å². The Balaban J connectivity index is 4.06. The van der Waals surface area contributed by atoms with Crippen LogP contribution in [0.2, 0.25) is 0 Å². The largest absolute Gasteiger partial charge is 0.481 e. The molecule has 0 bridgehead atoms. The van der Waals surface area contributed by atoms with Gasteiger partial charge in [0.05, 0.1) is 0 Å². The number of carbonyl (C=O) groups excluding carboxylic acids is 1. The van der Waals surface area contributed by atoms with Crippen LogP contribution in [0.1, 0.15) is 149 Å². The molecule has 218 valence electrons. The Kier molecular flexibility index (Phi) is 27.8. The number of hydrogen-bond acceptors (Lipinski definition) is 3. The Morgan fingerprint density at radius 1 is 0.605 bits per heavy atom. The summed E-state index contributed by atoms with van der Waals surface area (Å²) < 4.78 is 5.87. The average molecular weight is 531 g/mol. The highest BCUT2D eigenvalue weighted by Crippen LogP contribution is 2.18. The van der Waals surface area contributed by atoms with Gasteiger partial charge in [-0.25, -0.2) is 0 Å². The number of rotatable bonds is 27. The molecule has 0 saturated carbocycles.